The summed E-state index contributed by atoms with van der Waals surface area (Å²) in [4.78, 5) is 0. The molecule has 1 aliphatic rings. The second-order valence-corrected chi connectivity index (χ2v) is 6.49. The van der Waals surface area contributed by atoms with Gasteiger partial charge in [-0.25, -0.2) is 4.39 Å². The average molecular weight is 353 g/mol. The van der Waals surface area contributed by atoms with E-state index >= 15 is 0 Å². The van der Waals surface area contributed by atoms with E-state index in [-0.39, 0.29) is 12.4 Å². The number of benzene rings is 1. The van der Waals surface area contributed by atoms with Crippen LogP contribution in [0.4, 0.5) is 10.2 Å². The predicted octanol–water partition coefficient (Wildman–Crippen LogP) is 3.95. The zero-order chi connectivity index (χ0) is 16.2. The van der Waals surface area contributed by atoms with Crippen molar-refractivity contribution in [1.29, 1.82) is 0 Å². The van der Waals surface area contributed by atoms with E-state index < -0.39 is 0 Å². The van der Waals surface area contributed by atoms with Crippen molar-refractivity contribution in [2.45, 2.75) is 38.3 Å². The van der Waals surface area contributed by atoms with Crippen molar-refractivity contribution in [3.05, 3.63) is 46.9 Å². The van der Waals surface area contributed by atoms with E-state index in [1.165, 1.54) is 18.9 Å². The minimum absolute atomic E-state index is 0.274. The number of rotatable bonds is 4. The Kier molecular flexibility index (Phi) is 5.13. The number of halogens is 2. The first-order chi connectivity index (χ1) is 11.1. The van der Waals surface area contributed by atoms with Crippen LogP contribution in [0.3, 0.4) is 0 Å². The highest BCUT2D eigenvalue weighted by Crippen LogP contribution is 2.20. The van der Waals surface area contributed by atoms with Gasteiger partial charge in [-0.2, -0.15) is 5.10 Å². The van der Waals surface area contributed by atoms with Gasteiger partial charge in [0, 0.05) is 28.9 Å². The van der Waals surface area contributed by atoms with Crippen molar-refractivity contribution in [2.24, 2.45) is 0 Å². The van der Waals surface area contributed by atoms with Crippen LogP contribution in [-0.2, 0) is 6.54 Å². The fraction of sp³-hybridized carbons (Fsp3) is 0.375. The summed E-state index contributed by atoms with van der Waals surface area (Å²) < 4.78 is 15.4. The topological polar surface area (TPSA) is 41.9 Å². The summed E-state index contributed by atoms with van der Waals surface area (Å²) in [6, 6.07) is 6.91. The normalized spacial score (nSPS) is 14.9. The summed E-state index contributed by atoms with van der Waals surface area (Å²) in [5, 5.41) is 11.7. The van der Waals surface area contributed by atoms with Gasteiger partial charge in [-0.05, 0) is 37.2 Å². The zero-order valence-electron chi connectivity index (χ0n) is 12.6. The van der Waals surface area contributed by atoms with Gasteiger partial charge in [0.1, 0.15) is 5.82 Å². The van der Waals surface area contributed by atoms with Crippen molar-refractivity contribution >= 4 is 34.7 Å². The number of hydrogen-bond acceptors (Lipinski definition) is 2. The second kappa shape index (κ2) is 7.27. The van der Waals surface area contributed by atoms with Crippen LogP contribution < -0.4 is 10.6 Å². The Labute approximate surface area is 145 Å². The predicted molar refractivity (Wildman–Crippen MR) is 94.4 cm³/mol. The Bertz CT molecular complexity index is 677. The molecule has 1 aromatic heterocycles. The maximum atomic E-state index is 13.8. The summed E-state index contributed by atoms with van der Waals surface area (Å²) >= 11 is 11.3. The molecule has 0 atom stereocenters. The lowest BCUT2D eigenvalue weighted by molar-refractivity contribution is 0.586. The van der Waals surface area contributed by atoms with Crippen molar-refractivity contribution in [3.8, 4) is 0 Å². The molecule has 0 saturated heterocycles. The lowest BCUT2D eigenvalue weighted by atomic mass is 10.2. The molecule has 3 rings (SSSR count). The molecule has 0 radical (unpaired) electrons. The Morgan fingerprint density at radius 1 is 1.35 bits per heavy atom. The highest BCUT2D eigenvalue weighted by molar-refractivity contribution is 7.80. The lowest BCUT2D eigenvalue weighted by Gasteiger charge is -2.14. The van der Waals surface area contributed by atoms with Crippen LogP contribution in [0.15, 0.2) is 30.5 Å². The van der Waals surface area contributed by atoms with E-state index in [9.17, 15) is 4.39 Å². The Balaban J connectivity index is 1.60. The van der Waals surface area contributed by atoms with Gasteiger partial charge in [0.15, 0.2) is 10.9 Å². The van der Waals surface area contributed by atoms with E-state index in [1.807, 2.05) is 0 Å². The van der Waals surface area contributed by atoms with Gasteiger partial charge < -0.3 is 10.6 Å². The maximum Gasteiger partial charge on any atom is 0.172 e. The summed E-state index contributed by atoms with van der Waals surface area (Å²) in [6.45, 7) is 0.274. The fourth-order valence-electron chi connectivity index (χ4n) is 2.77. The van der Waals surface area contributed by atoms with Crippen LogP contribution in [0.5, 0.6) is 0 Å². The molecule has 0 unspecified atom stereocenters. The molecule has 1 saturated carbocycles. The molecule has 122 valence electrons. The van der Waals surface area contributed by atoms with E-state index in [1.54, 1.807) is 29.1 Å². The number of anilines is 1. The van der Waals surface area contributed by atoms with E-state index in [0.717, 1.165) is 12.8 Å². The molecule has 0 bridgehead atoms. The zero-order valence-corrected chi connectivity index (χ0v) is 14.1. The van der Waals surface area contributed by atoms with E-state index in [2.05, 4.69) is 15.7 Å². The van der Waals surface area contributed by atoms with Crippen molar-refractivity contribution in [1.82, 2.24) is 15.1 Å². The third-order valence-corrected chi connectivity index (χ3v) is 4.53. The van der Waals surface area contributed by atoms with Crippen LogP contribution in [-0.4, -0.2) is 20.9 Å². The van der Waals surface area contributed by atoms with Crippen molar-refractivity contribution < 1.29 is 4.39 Å². The summed E-state index contributed by atoms with van der Waals surface area (Å²) in [6.07, 6.45) is 6.57. The molecule has 0 amide bonds. The van der Waals surface area contributed by atoms with Crippen LogP contribution in [0.2, 0.25) is 5.02 Å². The van der Waals surface area contributed by atoms with Crippen LogP contribution >= 0.6 is 23.8 Å². The van der Waals surface area contributed by atoms with Gasteiger partial charge in [0.05, 0.1) is 6.54 Å². The number of hydrogen-bond donors (Lipinski definition) is 2. The van der Waals surface area contributed by atoms with Gasteiger partial charge >= 0.3 is 0 Å². The number of nitrogens with one attached hydrogen (secondary N) is 2. The minimum atomic E-state index is -0.332. The first kappa shape index (κ1) is 16.2. The monoisotopic (exact) mass is 352 g/mol. The van der Waals surface area contributed by atoms with Gasteiger partial charge in [-0.1, -0.05) is 30.5 Å². The minimum Gasteiger partial charge on any atom is -0.360 e. The average Bonchev–Trinajstić information content (AvgIpc) is 3.15. The lowest BCUT2D eigenvalue weighted by Crippen LogP contribution is -2.36. The standard InChI is InChI=1S/C16H18ClFN4S/c17-13-6-3-7-14(18)12(13)10-22-9-8-15(21-22)20-16(23)19-11-4-1-2-5-11/h3,6-9,11H,1-2,4-5,10H2,(H2,19,20,21,23). The fourth-order valence-corrected chi connectivity index (χ4v) is 3.26. The van der Waals surface area contributed by atoms with Gasteiger partial charge in [-0.3, -0.25) is 4.68 Å². The third-order valence-electron chi connectivity index (χ3n) is 3.95. The molecule has 23 heavy (non-hydrogen) atoms. The smallest absolute Gasteiger partial charge is 0.172 e. The van der Waals surface area contributed by atoms with E-state index in [4.69, 9.17) is 23.8 Å². The number of aromatic nitrogens is 2. The third kappa shape index (κ3) is 4.20. The molecular weight excluding hydrogens is 335 g/mol. The van der Waals surface area contributed by atoms with Crippen LogP contribution in [0, 0.1) is 5.82 Å². The Morgan fingerprint density at radius 3 is 2.87 bits per heavy atom. The highest BCUT2D eigenvalue weighted by atomic mass is 35.5. The molecule has 1 fully saturated rings. The second-order valence-electron chi connectivity index (χ2n) is 5.68. The molecule has 7 heteroatoms. The van der Waals surface area contributed by atoms with Gasteiger partial charge in [-0.15, -0.1) is 0 Å². The molecule has 2 N–H and O–H groups in total. The first-order valence-corrected chi connectivity index (χ1v) is 8.44. The summed E-state index contributed by atoms with van der Waals surface area (Å²) in [5.74, 6) is 0.300. The molecule has 0 aliphatic heterocycles. The number of nitrogens with zero attached hydrogens (tertiary/aromatic N) is 2. The van der Waals surface area contributed by atoms with Crippen molar-refractivity contribution in [2.75, 3.05) is 5.32 Å². The molecule has 2 aromatic rings. The summed E-state index contributed by atoms with van der Waals surface area (Å²) in [7, 11) is 0. The Morgan fingerprint density at radius 2 is 2.13 bits per heavy atom. The molecule has 1 heterocycles. The quantitative estimate of drug-likeness (QED) is 0.817. The molecule has 0 spiro atoms. The maximum absolute atomic E-state index is 13.8. The first-order valence-electron chi connectivity index (χ1n) is 7.65. The van der Waals surface area contributed by atoms with Crippen LogP contribution in [0.25, 0.3) is 0 Å². The van der Waals surface area contributed by atoms with Gasteiger partial charge in [0.25, 0.3) is 0 Å². The number of thiocarbonyl (C=S) groups is 1. The Hall–Kier alpha value is -1.66. The van der Waals surface area contributed by atoms with E-state index in [0.29, 0.717) is 27.6 Å². The SMILES string of the molecule is Fc1cccc(Cl)c1Cn1ccc(NC(=S)NC2CCCC2)n1. The largest absolute Gasteiger partial charge is 0.360 e. The molecular formula is C16H18ClFN4S. The summed E-state index contributed by atoms with van der Waals surface area (Å²) in [5.41, 5.74) is 0.426. The molecule has 1 aromatic carbocycles. The van der Waals surface area contributed by atoms with Crippen molar-refractivity contribution in [3.63, 3.8) is 0 Å². The van der Waals surface area contributed by atoms with Gasteiger partial charge in [0.2, 0.25) is 0 Å². The van der Waals surface area contributed by atoms with Crippen LogP contribution in [0.1, 0.15) is 31.2 Å². The molecule has 4 nitrogen and oxygen atoms in total. The highest BCUT2D eigenvalue weighted by Gasteiger charge is 2.16. The molecule has 1 aliphatic carbocycles.